The van der Waals surface area contributed by atoms with Crippen molar-refractivity contribution in [2.45, 2.75) is 71.5 Å². The lowest BCUT2D eigenvalue weighted by molar-refractivity contribution is -0.127. The minimum atomic E-state index is -1.25. The Bertz CT molecular complexity index is 1090. The maximum atomic E-state index is 13.8. The number of ether oxygens (including phenoxy) is 2. The summed E-state index contributed by atoms with van der Waals surface area (Å²) in [6.07, 6.45) is 3.96. The van der Waals surface area contributed by atoms with E-state index < -0.39 is 17.4 Å². The number of benzene rings is 1. The fraction of sp³-hybridized carbons (Fsp3) is 0.538. The highest BCUT2D eigenvalue weighted by atomic mass is 16.5. The molecule has 1 saturated carbocycles. The molecule has 1 unspecified atom stereocenters. The van der Waals surface area contributed by atoms with E-state index in [9.17, 15) is 14.4 Å². The number of carbonyl (C=O) groups is 3. The SMILES string of the molecule is CCOC(=O)c1cc2n(n1)CC(C)(C(=O)NC1CCC(C)CC1)N(c1ccc(OCC)cc1)C2=O. The molecule has 9 nitrogen and oxygen atoms in total. The van der Waals surface area contributed by atoms with Crippen molar-refractivity contribution in [2.24, 2.45) is 5.92 Å². The maximum absolute atomic E-state index is 13.8. The Kier molecular flexibility index (Phi) is 7.14. The number of fused-ring (bicyclic) bond motifs is 1. The topological polar surface area (TPSA) is 103 Å². The van der Waals surface area contributed by atoms with Crippen LogP contribution in [0.25, 0.3) is 0 Å². The van der Waals surface area contributed by atoms with E-state index >= 15 is 0 Å². The molecule has 1 N–H and O–H groups in total. The van der Waals surface area contributed by atoms with E-state index in [0.29, 0.717) is 24.0 Å². The van der Waals surface area contributed by atoms with Gasteiger partial charge in [-0.05, 0) is 76.6 Å². The molecule has 2 aliphatic rings. The van der Waals surface area contributed by atoms with Crippen molar-refractivity contribution in [1.29, 1.82) is 0 Å². The summed E-state index contributed by atoms with van der Waals surface area (Å²) in [5.41, 5.74) is -0.400. The number of anilines is 1. The number of hydrogen-bond donors (Lipinski definition) is 1. The van der Waals surface area contributed by atoms with E-state index in [1.165, 1.54) is 15.6 Å². The Morgan fingerprint density at radius 1 is 1.11 bits per heavy atom. The van der Waals surface area contributed by atoms with Crippen LogP contribution >= 0.6 is 0 Å². The van der Waals surface area contributed by atoms with Gasteiger partial charge in [-0.3, -0.25) is 19.2 Å². The summed E-state index contributed by atoms with van der Waals surface area (Å²) in [5.74, 6) is 0.0925. The lowest BCUT2D eigenvalue weighted by Gasteiger charge is -2.44. The Balaban J connectivity index is 1.70. The Morgan fingerprint density at radius 2 is 1.80 bits per heavy atom. The molecule has 0 saturated heterocycles. The molecular weight excluding hydrogens is 448 g/mol. The van der Waals surface area contributed by atoms with Crippen LogP contribution in [0.5, 0.6) is 5.75 Å². The molecule has 2 amide bonds. The monoisotopic (exact) mass is 482 g/mol. The lowest BCUT2D eigenvalue weighted by Crippen LogP contribution is -2.65. The van der Waals surface area contributed by atoms with Crippen LogP contribution in [-0.4, -0.2) is 52.4 Å². The first-order valence-electron chi connectivity index (χ1n) is 12.4. The molecule has 9 heteroatoms. The third-order valence-corrected chi connectivity index (χ3v) is 6.88. The number of aromatic nitrogens is 2. The molecule has 35 heavy (non-hydrogen) atoms. The van der Waals surface area contributed by atoms with Gasteiger partial charge in [-0.15, -0.1) is 0 Å². The first-order valence-corrected chi connectivity index (χ1v) is 12.4. The van der Waals surface area contributed by atoms with Crippen LogP contribution in [0, 0.1) is 5.92 Å². The second-order valence-electron chi connectivity index (χ2n) is 9.56. The summed E-state index contributed by atoms with van der Waals surface area (Å²) in [6.45, 7) is 8.42. The van der Waals surface area contributed by atoms with E-state index in [4.69, 9.17) is 9.47 Å². The number of carbonyl (C=O) groups excluding carboxylic acids is 3. The van der Waals surface area contributed by atoms with Crippen molar-refractivity contribution in [1.82, 2.24) is 15.1 Å². The molecule has 1 aliphatic heterocycles. The van der Waals surface area contributed by atoms with Gasteiger partial charge in [-0.25, -0.2) is 4.79 Å². The van der Waals surface area contributed by atoms with Gasteiger partial charge < -0.3 is 14.8 Å². The molecule has 0 radical (unpaired) electrons. The average Bonchev–Trinajstić information content (AvgIpc) is 3.26. The summed E-state index contributed by atoms with van der Waals surface area (Å²) < 4.78 is 12.1. The van der Waals surface area contributed by atoms with Crippen molar-refractivity contribution < 1.29 is 23.9 Å². The van der Waals surface area contributed by atoms with Gasteiger partial charge in [0, 0.05) is 17.8 Å². The van der Waals surface area contributed by atoms with Gasteiger partial charge in [-0.2, -0.15) is 5.10 Å². The molecule has 1 aromatic heterocycles. The van der Waals surface area contributed by atoms with Gasteiger partial charge in [-0.1, -0.05) is 6.92 Å². The minimum Gasteiger partial charge on any atom is -0.494 e. The van der Waals surface area contributed by atoms with Crippen LogP contribution in [0.3, 0.4) is 0 Å². The van der Waals surface area contributed by atoms with Crippen LogP contribution in [0.2, 0.25) is 0 Å². The molecule has 2 aromatic rings. The van der Waals surface area contributed by atoms with Crippen molar-refractivity contribution in [3.05, 3.63) is 41.7 Å². The molecule has 4 rings (SSSR count). The second-order valence-corrected chi connectivity index (χ2v) is 9.56. The predicted octanol–water partition coefficient (Wildman–Crippen LogP) is 3.57. The van der Waals surface area contributed by atoms with Gasteiger partial charge in [0.2, 0.25) is 5.91 Å². The second kappa shape index (κ2) is 10.1. The van der Waals surface area contributed by atoms with Crippen molar-refractivity contribution >= 4 is 23.5 Å². The molecule has 1 atom stereocenters. The molecule has 0 spiro atoms. The third-order valence-electron chi connectivity index (χ3n) is 6.88. The number of esters is 1. The normalized spacial score (nSPS) is 24.0. The molecule has 188 valence electrons. The van der Waals surface area contributed by atoms with Crippen LogP contribution < -0.4 is 15.0 Å². The Hall–Kier alpha value is -3.36. The summed E-state index contributed by atoms with van der Waals surface area (Å²) in [5, 5.41) is 7.51. The fourth-order valence-electron chi connectivity index (χ4n) is 4.89. The highest BCUT2D eigenvalue weighted by Crippen LogP contribution is 2.34. The minimum absolute atomic E-state index is 0.0489. The average molecular weight is 483 g/mol. The van der Waals surface area contributed by atoms with Crippen LogP contribution in [0.1, 0.15) is 74.4 Å². The zero-order chi connectivity index (χ0) is 25.2. The van der Waals surface area contributed by atoms with E-state index in [-0.39, 0.29) is 36.5 Å². The maximum Gasteiger partial charge on any atom is 0.358 e. The summed E-state index contributed by atoms with van der Waals surface area (Å²) in [4.78, 5) is 41.3. The molecule has 1 aliphatic carbocycles. The lowest BCUT2D eigenvalue weighted by atomic mass is 9.86. The molecule has 1 fully saturated rings. The van der Waals surface area contributed by atoms with Crippen LogP contribution in [0.15, 0.2) is 30.3 Å². The highest BCUT2D eigenvalue weighted by molar-refractivity contribution is 6.12. The molecule has 1 aromatic carbocycles. The standard InChI is InChI=1S/C26H34N4O5/c1-5-34-20-13-11-19(12-14-20)30-23(31)22-15-21(24(32)35-6-2)28-29(22)16-26(30,4)25(33)27-18-9-7-17(3)8-10-18/h11-15,17-18H,5-10,16H2,1-4H3,(H,27,33). The fourth-order valence-corrected chi connectivity index (χ4v) is 4.89. The largest absolute Gasteiger partial charge is 0.494 e. The van der Waals surface area contributed by atoms with E-state index in [1.54, 1.807) is 38.1 Å². The Labute approximate surface area is 205 Å². The highest BCUT2D eigenvalue weighted by Gasteiger charge is 2.49. The number of amides is 2. The summed E-state index contributed by atoms with van der Waals surface area (Å²) in [6, 6.07) is 8.61. The first-order chi connectivity index (χ1) is 16.8. The Morgan fingerprint density at radius 3 is 2.43 bits per heavy atom. The first kappa shape index (κ1) is 24.8. The van der Waals surface area contributed by atoms with Gasteiger partial charge in [0.25, 0.3) is 5.91 Å². The smallest absolute Gasteiger partial charge is 0.358 e. The van der Waals surface area contributed by atoms with Crippen LogP contribution in [-0.2, 0) is 16.1 Å². The quantitative estimate of drug-likeness (QED) is 0.605. The van der Waals surface area contributed by atoms with Gasteiger partial charge in [0.1, 0.15) is 17.0 Å². The predicted molar refractivity (Wildman–Crippen MR) is 131 cm³/mol. The number of rotatable bonds is 7. The summed E-state index contributed by atoms with van der Waals surface area (Å²) in [7, 11) is 0. The van der Waals surface area contributed by atoms with Gasteiger partial charge in [0.05, 0.1) is 19.8 Å². The molecule has 0 bridgehead atoms. The van der Waals surface area contributed by atoms with Crippen molar-refractivity contribution in [3.63, 3.8) is 0 Å². The third kappa shape index (κ3) is 4.90. The molecule has 2 heterocycles. The van der Waals surface area contributed by atoms with Crippen LogP contribution in [0.4, 0.5) is 5.69 Å². The van der Waals surface area contributed by atoms with E-state index in [2.05, 4.69) is 17.3 Å². The van der Waals surface area contributed by atoms with Crippen molar-refractivity contribution in [2.75, 3.05) is 18.1 Å². The zero-order valence-corrected chi connectivity index (χ0v) is 20.9. The zero-order valence-electron chi connectivity index (χ0n) is 20.9. The van der Waals surface area contributed by atoms with Gasteiger partial charge >= 0.3 is 5.97 Å². The molecular formula is C26H34N4O5. The number of nitrogens with one attached hydrogen (secondary N) is 1. The number of hydrogen-bond acceptors (Lipinski definition) is 6. The van der Waals surface area contributed by atoms with E-state index in [1.807, 2.05) is 6.92 Å². The summed E-state index contributed by atoms with van der Waals surface area (Å²) >= 11 is 0. The van der Waals surface area contributed by atoms with Gasteiger partial charge in [0.15, 0.2) is 5.69 Å². The van der Waals surface area contributed by atoms with E-state index in [0.717, 1.165) is 25.7 Å². The number of nitrogens with zero attached hydrogens (tertiary/aromatic N) is 3. The van der Waals surface area contributed by atoms with Crippen molar-refractivity contribution in [3.8, 4) is 5.75 Å².